The number of carbonyl (C=O) groups is 1. The summed E-state index contributed by atoms with van der Waals surface area (Å²) in [7, 11) is -1.86. The predicted octanol–water partition coefficient (Wildman–Crippen LogP) is 1.28. The van der Waals surface area contributed by atoms with Crippen molar-refractivity contribution < 1.29 is 13.2 Å². The van der Waals surface area contributed by atoms with Crippen LogP contribution in [-0.4, -0.2) is 56.3 Å². The van der Waals surface area contributed by atoms with Gasteiger partial charge in [-0.1, -0.05) is 12.5 Å². The first-order valence-corrected chi connectivity index (χ1v) is 9.39. The molecule has 1 fully saturated rings. The van der Waals surface area contributed by atoms with Crippen LogP contribution in [0.25, 0.3) is 0 Å². The molecular formula is C16H25N3O3S. The van der Waals surface area contributed by atoms with Crippen LogP contribution >= 0.6 is 0 Å². The SMILES string of the molecule is CC(CN)N(C)C(=O)c1cccc(S(=O)(=O)N2CCCCC2)c1. The van der Waals surface area contributed by atoms with Gasteiger partial charge in [-0.2, -0.15) is 4.31 Å². The molecule has 1 amide bonds. The summed E-state index contributed by atoms with van der Waals surface area (Å²) >= 11 is 0. The zero-order valence-corrected chi connectivity index (χ0v) is 14.6. The number of piperidine rings is 1. The van der Waals surface area contributed by atoms with E-state index in [-0.39, 0.29) is 16.8 Å². The lowest BCUT2D eigenvalue weighted by Gasteiger charge is -2.26. The number of amides is 1. The Morgan fingerprint density at radius 3 is 2.57 bits per heavy atom. The maximum absolute atomic E-state index is 12.7. The fourth-order valence-electron chi connectivity index (χ4n) is 2.61. The second-order valence-corrected chi connectivity index (χ2v) is 7.93. The maximum atomic E-state index is 12.7. The third kappa shape index (κ3) is 3.91. The monoisotopic (exact) mass is 339 g/mol. The van der Waals surface area contributed by atoms with E-state index >= 15 is 0 Å². The lowest BCUT2D eigenvalue weighted by Crippen LogP contribution is -2.40. The van der Waals surface area contributed by atoms with Crippen LogP contribution in [0.1, 0.15) is 36.5 Å². The van der Waals surface area contributed by atoms with Crippen molar-refractivity contribution in [2.24, 2.45) is 5.73 Å². The normalized spacial score (nSPS) is 17.7. The van der Waals surface area contributed by atoms with Crippen LogP contribution in [0.5, 0.6) is 0 Å². The van der Waals surface area contributed by atoms with E-state index < -0.39 is 10.0 Å². The molecule has 7 heteroatoms. The molecule has 0 bridgehead atoms. The van der Waals surface area contributed by atoms with E-state index in [1.165, 1.54) is 15.3 Å². The van der Waals surface area contributed by atoms with Crippen LogP contribution in [0.2, 0.25) is 0 Å². The maximum Gasteiger partial charge on any atom is 0.253 e. The summed E-state index contributed by atoms with van der Waals surface area (Å²) in [5, 5.41) is 0. The molecule has 0 saturated carbocycles. The Bertz CT molecular complexity index is 654. The minimum Gasteiger partial charge on any atom is -0.338 e. The first-order chi connectivity index (χ1) is 10.9. The average Bonchev–Trinajstić information content (AvgIpc) is 2.60. The molecule has 128 valence electrons. The standard InChI is InChI=1S/C16H25N3O3S/c1-13(12-17)18(2)16(20)14-7-6-8-15(11-14)23(21,22)19-9-4-3-5-10-19/h6-8,11,13H,3-5,9-10,12,17H2,1-2H3. The van der Waals surface area contributed by atoms with Crippen LogP contribution in [0, 0.1) is 0 Å². The Labute approximate surface area is 138 Å². The number of nitrogens with two attached hydrogens (primary N) is 1. The van der Waals surface area contributed by atoms with Crippen molar-refractivity contribution in [3.05, 3.63) is 29.8 Å². The largest absolute Gasteiger partial charge is 0.338 e. The smallest absolute Gasteiger partial charge is 0.253 e. The molecular weight excluding hydrogens is 314 g/mol. The highest BCUT2D eigenvalue weighted by molar-refractivity contribution is 7.89. The zero-order chi connectivity index (χ0) is 17.0. The number of hydrogen-bond donors (Lipinski definition) is 1. The Kier molecular flexibility index (Phi) is 5.78. The highest BCUT2D eigenvalue weighted by Gasteiger charge is 2.27. The van der Waals surface area contributed by atoms with Gasteiger partial charge in [-0.05, 0) is 38.0 Å². The van der Waals surface area contributed by atoms with Crippen molar-refractivity contribution in [2.75, 3.05) is 26.7 Å². The summed E-state index contributed by atoms with van der Waals surface area (Å²) < 4.78 is 26.9. The van der Waals surface area contributed by atoms with Crippen LogP contribution in [0.15, 0.2) is 29.2 Å². The second-order valence-electron chi connectivity index (χ2n) is 5.99. The summed E-state index contributed by atoms with van der Waals surface area (Å²) in [6.45, 7) is 3.30. The number of benzene rings is 1. The molecule has 1 aromatic rings. The van der Waals surface area contributed by atoms with Crippen molar-refractivity contribution in [1.29, 1.82) is 0 Å². The lowest BCUT2D eigenvalue weighted by molar-refractivity contribution is 0.0748. The van der Waals surface area contributed by atoms with Crippen molar-refractivity contribution in [1.82, 2.24) is 9.21 Å². The Morgan fingerprint density at radius 1 is 1.30 bits per heavy atom. The quantitative estimate of drug-likeness (QED) is 0.876. The summed E-state index contributed by atoms with van der Waals surface area (Å²) in [6.07, 6.45) is 2.83. The molecule has 0 aromatic heterocycles. The summed E-state index contributed by atoms with van der Waals surface area (Å²) in [4.78, 5) is 14.2. The number of nitrogens with zero attached hydrogens (tertiary/aromatic N) is 2. The van der Waals surface area contributed by atoms with E-state index in [1.54, 1.807) is 25.2 Å². The number of likely N-dealkylation sites (N-methyl/N-ethyl adjacent to an activating group) is 1. The van der Waals surface area contributed by atoms with Crippen LogP contribution < -0.4 is 5.73 Å². The average molecular weight is 339 g/mol. The Morgan fingerprint density at radius 2 is 1.96 bits per heavy atom. The molecule has 1 aliphatic heterocycles. The number of carbonyl (C=O) groups excluding carboxylic acids is 1. The molecule has 1 atom stereocenters. The van der Waals surface area contributed by atoms with E-state index in [4.69, 9.17) is 5.73 Å². The molecule has 1 unspecified atom stereocenters. The molecule has 23 heavy (non-hydrogen) atoms. The molecule has 2 rings (SSSR count). The number of rotatable bonds is 5. The van der Waals surface area contributed by atoms with Crippen molar-refractivity contribution >= 4 is 15.9 Å². The lowest BCUT2D eigenvalue weighted by atomic mass is 10.2. The van der Waals surface area contributed by atoms with Gasteiger partial charge in [-0.3, -0.25) is 4.79 Å². The minimum atomic E-state index is -3.53. The van der Waals surface area contributed by atoms with Gasteiger partial charge in [0, 0.05) is 38.3 Å². The third-order valence-electron chi connectivity index (χ3n) is 4.36. The van der Waals surface area contributed by atoms with Gasteiger partial charge in [0.25, 0.3) is 5.91 Å². The molecule has 0 radical (unpaired) electrons. The van der Waals surface area contributed by atoms with Crippen molar-refractivity contribution in [2.45, 2.75) is 37.1 Å². The van der Waals surface area contributed by atoms with E-state index in [2.05, 4.69) is 0 Å². The van der Waals surface area contributed by atoms with Gasteiger partial charge >= 0.3 is 0 Å². The molecule has 1 heterocycles. The Hall–Kier alpha value is -1.44. The third-order valence-corrected chi connectivity index (χ3v) is 6.25. The second kappa shape index (κ2) is 7.42. The van der Waals surface area contributed by atoms with Gasteiger partial charge in [0.15, 0.2) is 0 Å². The van der Waals surface area contributed by atoms with Gasteiger partial charge in [0.1, 0.15) is 0 Å². The first-order valence-electron chi connectivity index (χ1n) is 7.95. The van der Waals surface area contributed by atoms with Gasteiger partial charge in [0.2, 0.25) is 10.0 Å². The van der Waals surface area contributed by atoms with Crippen molar-refractivity contribution in [3.63, 3.8) is 0 Å². The van der Waals surface area contributed by atoms with Gasteiger partial charge in [-0.15, -0.1) is 0 Å². The molecule has 6 nitrogen and oxygen atoms in total. The van der Waals surface area contributed by atoms with E-state index in [1.807, 2.05) is 6.92 Å². The Balaban J connectivity index is 2.27. The van der Waals surface area contributed by atoms with Crippen LogP contribution in [0.4, 0.5) is 0 Å². The number of hydrogen-bond acceptors (Lipinski definition) is 4. The molecule has 1 aromatic carbocycles. The van der Waals surface area contributed by atoms with E-state index in [9.17, 15) is 13.2 Å². The molecule has 1 aliphatic rings. The van der Waals surface area contributed by atoms with Gasteiger partial charge < -0.3 is 10.6 Å². The van der Waals surface area contributed by atoms with Crippen LogP contribution in [-0.2, 0) is 10.0 Å². The van der Waals surface area contributed by atoms with Crippen molar-refractivity contribution in [3.8, 4) is 0 Å². The first kappa shape index (κ1) is 17.9. The predicted molar refractivity (Wildman–Crippen MR) is 89.7 cm³/mol. The minimum absolute atomic E-state index is 0.107. The van der Waals surface area contributed by atoms with E-state index in [0.29, 0.717) is 25.2 Å². The molecule has 2 N–H and O–H groups in total. The van der Waals surface area contributed by atoms with Crippen LogP contribution in [0.3, 0.4) is 0 Å². The fourth-order valence-corrected chi connectivity index (χ4v) is 4.17. The molecule has 1 saturated heterocycles. The van der Waals surface area contributed by atoms with Gasteiger partial charge in [0.05, 0.1) is 4.90 Å². The molecule has 0 spiro atoms. The van der Waals surface area contributed by atoms with E-state index in [0.717, 1.165) is 19.3 Å². The van der Waals surface area contributed by atoms with Gasteiger partial charge in [-0.25, -0.2) is 8.42 Å². The number of sulfonamides is 1. The summed E-state index contributed by atoms with van der Waals surface area (Å²) in [5.74, 6) is -0.223. The molecule has 0 aliphatic carbocycles. The zero-order valence-electron chi connectivity index (χ0n) is 13.7. The highest BCUT2D eigenvalue weighted by Crippen LogP contribution is 2.21. The summed E-state index contributed by atoms with van der Waals surface area (Å²) in [6, 6.07) is 6.16. The fraction of sp³-hybridized carbons (Fsp3) is 0.562. The topological polar surface area (TPSA) is 83.7 Å². The summed E-state index contributed by atoms with van der Waals surface area (Å²) in [5.41, 5.74) is 5.96. The highest BCUT2D eigenvalue weighted by atomic mass is 32.2.